The second-order valence-corrected chi connectivity index (χ2v) is 5.68. The van der Waals surface area contributed by atoms with E-state index < -0.39 is 0 Å². The highest BCUT2D eigenvalue weighted by Gasteiger charge is 2.26. The molecule has 6 nitrogen and oxygen atoms in total. The van der Waals surface area contributed by atoms with E-state index in [2.05, 4.69) is 11.1 Å². The summed E-state index contributed by atoms with van der Waals surface area (Å²) in [6.45, 7) is 1.42. The lowest BCUT2D eigenvalue weighted by molar-refractivity contribution is -0.148. The first-order chi connectivity index (χ1) is 10.6. The van der Waals surface area contributed by atoms with Crippen LogP contribution in [0.2, 0.25) is 0 Å². The second kappa shape index (κ2) is 5.68. The average molecular weight is 299 g/mol. The van der Waals surface area contributed by atoms with E-state index in [1.165, 1.54) is 6.92 Å². The molecular weight excluding hydrogens is 282 g/mol. The van der Waals surface area contributed by atoms with Gasteiger partial charge in [-0.15, -0.1) is 0 Å². The number of carbonyl (C=O) groups excluding carboxylic acids is 1. The van der Waals surface area contributed by atoms with Crippen molar-refractivity contribution in [3.8, 4) is 6.07 Å². The van der Waals surface area contributed by atoms with Crippen molar-refractivity contribution in [2.45, 2.75) is 44.8 Å². The number of ether oxygens (including phenoxy) is 1. The molecule has 0 amide bonds. The van der Waals surface area contributed by atoms with Crippen molar-refractivity contribution in [3.05, 3.63) is 34.2 Å². The maximum Gasteiger partial charge on any atom is 0.326 e. The molecule has 1 aliphatic carbocycles. The number of imidazole rings is 1. The Morgan fingerprint density at radius 3 is 2.73 bits per heavy atom. The van der Waals surface area contributed by atoms with Crippen LogP contribution in [0, 0.1) is 11.3 Å². The van der Waals surface area contributed by atoms with Crippen LogP contribution in [0.15, 0.2) is 23.0 Å². The van der Waals surface area contributed by atoms with Gasteiger partial charge in [0.2, 0.25) is 0 Å². The first kappa shape index (κ1) is 14.4. The van der Waals surface area contributed by atoms with Crippen molar-refractivity contribution in [3.63, 3.8) is 0 Å². The molecule has 0 saturated heterocycles. The van der Waals surface area contributed by atoms with E-state index in [4.69, 9.17) is 10.00 Å². The zero-order valence-corrected chi connectivity index (χ0v) is 12.3. The summed E-state index contributed by atoms with van der Waals surface area (Å²) in [6, 6.07) is 7.39. The molecule has 3 rings (SSSR count). The summed E-state index contributed by atoms with van der Waals surface area (Å²) in [6.07, 6.45) is 3.08. The number of fused-ring (bicyclic) bond motifs is 1. The fourth-order valence-corrected chi connectivity index (χ4v) is 3.22. The minimum Gasteiger partial charge on any atom is -0.463 e. The van der Waals surface area contributed by atoms with E-state index in [9.17, 15) is 9.59 Å². The number of hydrogen-bond acceptors (Lipinski definition) is 4. The van der Waals surface area contributed by atoms with Crippen LogP contribution in [0.1, 0.15) is 44.2 Å². The number of rotatable bonds is 2. The van der Waals surface area contributed by atoms with E-state index >= 15 is 0 Å². The third-order valence-electron chi connectivity index (χ3n) is 4.19. The highest BCUT2D eigenvalue weighted by atomic mass is 16.5. The Bertz CT molecular complexity index is 804. The molecule has 2 aromatic rings. The van der Waals surface area contributed by atoms with Crippen molar-refractivity contribution in [1.82, 2.24) is 9.55 Å². The normalized spacial score (nSPS) is 21.5. The van der Waals surface area contributed by atoms with Crippen LogP contribution in [-0.4, -0.2) is 21.6 Å². The van der Waals surface area contributed by atoms with Crippen LogP contribution in [0.25, 0.3) is 11.0 Å². The summed E-state index contributed by atoms with van der Waals surface area (Å²) >= 11 is 0. The number of benzene rings is 1. The van der Waals surface area contributed by atoms with Crippen molar-refractivity contribution in [2.75, 3.05) is 0 Å². The van der Waals surface area contributed by atoms with Gasteiger partial charge in [-0.25, -0.2) is 4.79 Å². The molecule has 1 fully saturated rings. The van der Waals surface area contributed by atoms with Crippen LogP contribution in [0.5, 0.6) is 0 Å². The van der Waals surface area contributed by atoms with Gasteiger partial charge in [0.25, 0.3) is 0 Å². The molecule has 6 heteroatoms. The lowest BCUT2D eigenvalue weighted by Gasteiger charge is -2.28. The highest BCUT2D eigenvalue weighted by Crippen LogP contribution is 2.31. The predicted octanol–water partition coefficient (Wildman–Crippen LogP) is 2.25. The van der Waals surface area contributed by atoms with Crippen LogP contribution >= 0.6 is 0 Å². The van der Waals surface area contributed by atoms with Crippen molar-refractivity contribution in [1.29, 1.82) is 5.26 Å². The van der Waals surface area contributed by atoms with Gasteiger partial charge in [0.05, 0.1) is 22.7 Å². The molecule has 22 heavy (non-hydrogen) atoms. The Kier molecular flexibility index (Phi) is 3.72. The van der Waals surface area contributed by atoms with Gasteiger partial charge in [-0.2, -0.15) is 5.26 Å². The predicted molar refractivity (Wildman–Crippen MR) is 80.3 cm³/mol. The number of aromatic amines is 1. The molecular formula is C16H17N3O3. The highest BCUT2D eigenvalue weighted by molar-refractivity contribution is 5.77. The van der Waals surface area contributed by atoms with Gasteiger partial charge in [0.15, 0.2) is 0 Å². The van der Waals surface area contributed by atoms with E-state index in [1.54, 1.807) is 16.7 Å². The van der Waals surface area contributed by atoms with Crippen molar-refractivity contribution < 1.29 is 9.53 Å². The zero-order valence-electron chi connectivity index (χ0n) is 12.3. The van der Waals surface area contributed by atoms with Gasteiger partial charge in [0, 0.05) is 13.0 Å². The fourth-order valence-electron chi connectivity index (χ4n) is 3.22. The first-order valence-corrected chi connectivity index (χ1v) is 7.40. The van der Waals surface area contributed by atoms with Crippen LogP contribution in [0.3, 0.4) is 0 Å². The van der Waals surface area contributed by atoms with Crippen molar-refractivity contribution >= 4 is 17.0 Å². The van der Waals surface area contributed by atoms with E-state index in [1.807, 2.05) is 6.07 Å². The Morgan fingerprint density at radius 2 is 2.09 bits per heavy atom. The standard InChI is InChI=1S/C16H17N3O3/c1-10(20)22-13-5-3-12(4-6-13)19-15-7-2-11(9-17)8-14(15)18-16(19)21/h2,7-8,12-13H,3-6H2,1H3,(H,18,21)/t12-,13+. The number of aromatic nitrogens is 2. The van der Waals surface area contributed by atoms with E-state index in [0.717, 1.165) is 31.2 Å². The molecule has 0 atom stereocenters. The zero-order chi connectivity index (χ0) is 15.7. The summed E-state index contributed by atoms with van der Waals surface area (Å²) in [5.41, 5.74) is 1.88. The number of hydrogen-bond donors (Lipinski definition) is 1. The monoisotopic (exact) mass is 299 g/mol. The lowest BCUT2D eigenvalue weighted by atomic mass is 9.92. The molecule has 1 N–H and O–H groups in total. The number of nitriles is 1. The number of nitrogens with zero attached hydrogens (tertiary/aromatic N) is 2. The Morgan fingerprint density at radius 1 is 1.36 bits per heavy atom. The van der Waals surface area contributed by atoms with Gasteiger partial charge in [-0.05, 0) is 43.9 Å². The summed E-state index contributed by atoms with van der Waals surface area (Å²) in [5, 5.41) is 8.93. The van der Waals surface area contributed by atoms with E-state index in [-0.39, 0.29) is 23.8 Å². The average Bonchev–Trinajstić information content (AvgIpc) is 2.82. The maximum atomic E-state index is 12.2. The van der Waals surface area contributed by atoms with Gasteiger partial charge in [-0.1, -0.05) is 0 Å². The van der Waals surface area contributed by atoms with Crippen LogP contribution in [-0.2, 0) is 9.53 Å². The Labute approximate surface area is 127 Å². The Hall–Kier alpha value is -2.55. The first-order valence-electron chi connectivity index (χ1n) is 7.40. The third kappa shape index (κ3) is 2.62. The fraction of sp³-hybridized carbons (Fsp3) is 0.438. The number of carbonyl (C=O) groups is 1. The van der Waals surface area contributed by atoms with Gasteiger partial charge >= 0.3 is 11.7 Å². The molecule has 1 aromatic carbocycles. The number of nitrogens with one attached hydrogen (secondary N) is 1. The van der Waals surface area contributed by atoms with Crippen molar-refractivity contribution in [2.24, 2.45) is 0 Å². The second-order valence-electron chi connectivity index (χ2n) is 5.68. The minimum atomic E-state index is -0.253. The smallest absolute Gasteiger partial charge is 0.326 e. The minimum absolute atomic E-state index is 0.0418. The van der Waals surface area contributed by atoms with Gasteiger partial charge in [0.1, 0.15) is 6.10 Å². The van der Waals surface area contributed by atoms with Gasteiger partial charge in [-0.3, -0.25) is 9.36 Å². The SMILES string of the molecule is CC(=O)O[C@H]1CC[C@@H](n2c(=O)[nH]c3cc(C#N)ccc32)CC1. The molecule has 1 aromatic heterocycles. The van der Waals surface area contributed by atoms with E-state index in [0.29, 0.717) is 11.1 Å². The summed E-state index contributed by atoms with van der Waals surface area (Å²) in [7, 11) is 0. The molecule has 0 spiro atoms. The molecule has 0 radical (unpaired) electrons. The quantitative estimate of drug-likeness (QED) is 0.861. The number of esters is 1. The molecule has 0 aliphatic heterocycles. The summed E-state index contributed by atoms with van der Waals surface area (Å²) < 4.78 is 7.00. The topological polar surface area (TPSA) is 87.9 Å². The third-order valence-corrected chi connectivity index (χ3v) is 4.19. The Balaban J connectivity index is 1.86. The maximum absolute atomic E-state index is 12.2. The lowest BCUT2D eigenvalue weighted by Crippen LogP contribution is -2.29. The number of H-pyrrole nitrogens is 1. The molecule has 1 aliphatic rings. The van der Waals surface area contributed by atoms with Crippen LogP contribution in [0.4, 0.5) is 0 Å². The molecule has 114 valence electrons. The van der Waals surface area contributed by atoms with Gasteiger partial charge < -0.3 is 9.72 Å². The summed E-state index contributed by atoms with van der Waals surface area (Å²) in [4.78, 5) is 26.1. The molecule has 0 bridgehead atoms. The van der Waals surface area contributed by atoms with Crippen LogP contribution < -0.4 is 5.69 Å². The summed E-state index contributed by atoms with van der Waals surface area (Å²) in [5.74, 6) is -0.253. The molecule has 1 saturated carbocycles. The molecule has 0 unspecified atom stereocenters. The largest absolute Gasteiger partial charge is 0.463 e. The molecule has 1 heterocycles.